The highest BCUT2D eigenvalue weighted by molar-refractivity contribution is 4.77. The molecule has 1 N–H and O–H groups in total. The summed E-state index contributed by atoms with van der Waals surface area (Å²) in [6.45, 7) is 6.44. The maximum Gasteiger partial charge on any atom is 0.0288 e. The van der Waals surface area contributed by atoms with Crippen LogP contribution in [0.15, 0.2) is 0 Å². The van der Waals surface area contributed by atoms with Gasteiger partial charge in [0.15, 0.2) is 0 Å². The topological polar surface area (TPSA) is 26.1 Å². The van der Waals surface area contributed by atoms with Gasteiger partial charge in [0.1, 0.15) is 0 Å². The second-order valence-corrected chi connectivity index (χ2v) is 2.94. The van der Waals surface area contributed by atoms with Gasteiger partial charge in [-0.2, -0.15) is 0 Å². The second kappa shape index (κ2) is 3.18. The molecule has 53 valence electrons. The average molecular weight is 127 g/mol. The molecule has 1 aliphatic rings. The third kappa shape index (κ3) is 2.33. The standard InChI is InChI=1S/C7H15N2/c1-6(2)9-7-3-4-8-5-7/h6-7,9H,3-5H2,1-2H3. The SMILES string of the molecule is CC(C)NC1CC[N]C1. The van der Waals surface area contributed by atoms with Gasteiger partial charge in [0.05, 0.1) is 0 Å². The van der Waals surface area contributed by atoms with Gasteiger partial charge in [0.25, 0.3) is 0 Å². The molecule has 1 fully saturated rings. The van der Waals surface area contributed by atoms with Gasteiger partial charge < -0.3 is 5.32 Å². The van der Waals surface area contributed by atoms with Gasteiger partial charge in [0.2, 0.25) is 0 Å². The molecular weight excluding hydrogens is 112 g/mol. The Morgan fingerprint density at radius 3 is 2.78 bits per heavy atom. The Morgan fingerprint density at radius 2 is 2.33 bits per heavy atom. The molecule has 1 unspecified atom stereocenters. The van der Waals surface area contributed by atoms with Gasteiger partial charge in [0, 0.05) is 25.2 Å². The van der Waals surface area contributed by atoms with E-state index in [9.17, 15) is 0 Å². The number of rotatable bonds is 2. The normalized spacial score (nSPS) is 27.7. The molecule has 0 aliphatic carbocycles. The Bertz CT molecular complexity index is 75.0. The van der Waals surface area contributed by atoms with E-state index in [2.05, 4.69) is 24.5 Å². The molecule has 0 amide bonds. The van der Waals surface area contributed by atoms with E-state index in [1.54, 1.807) is 0 Å². The molecule has 0 bridgehead atoms. The van der Waals surface area contributed by atoms with Crippen LogP contribution in [0.5, 0.6) is 0 Å². The van der Waals surface area contributed by atoms with E-state index in [1.807, 2.05) is 0 Å². The first-order chi connectivity index (χ1) is 4.29. The summed E-state index contributed by atoms with van der Waals surface area (Å²) in [4.78, 5) is 0. The molecule has 2 heteroatoms. The van der Waals surface area contributed by atoms with Crippen LogP contribution >= 0.6 is 0 Å². The van der Waals surface area contributed by atoms with Crippen LogP contribution in [0.25, 0.3) is 0 Å². The molecule has 9 heavy (non-hydrogen) atoms. The van der Waals surface area contributed by atoms with E-state index in [0.29, 0.717) is 12.1 Å². The van der Waals surface area contributed by atoms with E-state index in [-0.39, 0.29) is 0 Å². The van der Waals surface area contributed by atoms with Crippen LogP contribution in [0.4, 0.5) is 0 Å². The number of hydrogen-bond acceptors (Lipinski definition) is 1. The van der Waals surface area contributed by atoms with Gasteiger partial charge >= 0.3 is 0 Å². The summed E-state index contributed by atoms with van der Waals surface area (Å²) >= 11 is 0. The first kappa shape index (κ1) is 7.03. The van der Waals surface area contributed by atoms with Gasteiger partial charge in [-0.15, -0.1) is 0 Å². The molecule has 1 radical (unpaired) electrons. The second-order valence-electron chi connectivity index (χ2n) is 2.94. The quantitative estimate of drug-likeness (QED) is 0.569. The van der Waals surface area contributed by atoms with E-state index in [0.717, 1.165) is 13.1 Å². The molecule has 0 aromatic carbocycles. The molecule has 1 saturated heterocycles. The summed E-state index contributed by atoms with van der Waals surface area (Å²) in [7, 11) is 0. The van der Waals surface area contributed by atoms with Crippen LogP contribution < -0.4 is 10.6 Å². The highest BCUT2D eigenvalue weighted by Crippen LogP contribution is 1.99. The van der Waals surface area contributed by atoms with Gasteiger partial charge in [-0.25, -0.2) is 5.32 Å². The molecule has 0 spiro atoms. The van der Waals surface area contributed by atoms with Crippen LogP contribution in [-0.4, -0.2) is 25.2 Å². The van der Waals surface area contributed by atoms with Gasteiger partial charge in [-0.05, 0) is 6.42 Å². The van der Waals surface area contributed by atoms with Gasteiger partial charge in [-0.3, -0.25) is 0 Å². The largest absolute Gasteiger partial charge is 0.310 e. The van der Waals surface area contributed by atoms with Crippen molar-refractivity contribution in [3.05, 3.63) is 0 Å². The van der Waals surface area contributed by atoms with Crippen molar-refractivity contribution >= 4 is 0 Å². The Labute approximate surface area is 57.0 Å². The minimum absolute atomic E-state index is 0.614. The molecule has 2 nitrogen and oxygen atoms in total. The fourth-order valence-electron chi connectivity index (χ4n) is 1.19. The minimum atomic E-state index is 0.614. The molecule has 0 aromatic heterocycles. The molecule has 0 aromatic rings. The maximum absolute atomic E-state index is 4.26. The van der Waals surface area contributed by atoms with E-state index in [1.165, 1.54) is 6.42 Å². The van der Waals surface area contributed by atoms with Crippen molar-refractivity contribution in [1.82, 2.24) is 10.6 Å². The number of nitrogens with one attached hydrogen (secondary N) is 1. The van der Waals surface area contributed by atoms with Gasteiger partial charge in [-0.1, -0.05) is 13.8 Å². The lowest BCUT2D eigenvalue weighted by Gasteiger charge is -2.13. The highest BCUT2D eigenvalue weighted by atomic mass is 15.0. The van der Waals surface area contributed by atoms with Crippen LogP contribution in [0.1, 0.15) is 20.3 Å². The Morgan fingerprint density at radius 1 is 1.56 bits per heavy atom. The fraction of sp³-hybridized carbons (Fsp3) is 1.00. The zero-order valence-corrected chi connectivity index (χ0v) is 6.22. The molecule has 0 saturated carbocycles. The summed E-state index contributed by atoms with van der Waals surface area (Å²) in [5.74, 6) is 0. The van der Waals surface area contributed by atoms with Crippen molar-refractivity contribution in [1.29, 1.82) is 0 Å². The third-order valence-corrected chi connectivity index (χ3v) is 1.55. The Kier molecular flexibility index (Phi) is 2.49. The highest BCUT2D eigenvalue weighted by Gasteiger charge is 2.14. The van der Waals surface area contributed by atoms with Crippen molar-refractivity contribution in [3.8, 4) is 0 Å². The number of hydrogen-bond donors (Lipinski definition) is 1. The summed E-state index contributed by atoms with van der Waals surface area (Å²) in [6.07, 6.45) is 1.23. The predicted octanol–water partition coefficient (Wildman–Crippen LogP) is 0.361. The van der Waals surface area contributed by atoms with E-state index < -0.39 is 0 Å². The fourth-order valence-corrected chi connectivity index (χ4v) is 1.19. The van der Waals surface area contributed by atoms with Crippen molar-refractivity contribution in [3.63, 3.8) is 0 Å². The van der Waals surface area contributed by atoms with Crippen molar-refractivity contribution in [2.24, 2.45) is 0 Å². The summed E-state index contributed by atoms with van der Waals surface area (Å²) in [5.41, 5.74) is 0. The first-order valence-electron chi connectivity index (χ1n) is 3.68. The maximum atomic E-state index is 4.26. The minimum Gasteiger partial charge on any atom is -0.310 e. The smallest absolute Gasteiger partial charge is 0.0288 e. The van der Waals surface area contributed by atoms with E-state index in [4.69, 9.17) is 0 Å². The van der Waals surface area contributed by atoms with Crippen LogP contribution in [-0.2, 0) is 0 Å². The lowest BCUT2D eigenvalue weighted by molar-refractivity contribution is 0.488. The first-order valence-corrected chi connectivity index (χ1v) is 3.68. The van der Waals surface area contributed by atoms with Crippen molar-refractivity contribution < 1.29 is 0 Å². The van der Waals surface area contributed by atoms with Crippen LogP contribution in [0.2, 0.25) is 0 Å². The van der Waals surface area contributed by atoms with Crippen molar-refractivity contribution in [2.75, 3.05) is 13.1 Å². The zero-order chi connectivity index (χ0) is 6.69. The monoisotopic (exact) mass is 127 g/mol. The lowest BCUT2D eigenvalue weighted by atomic mass is 10.2. The molecular formula is C7H15N2. The number of nitrogens with zero attached hydrogens (tertiary/aromatic N) is 1. The average Bonchev–Trinajstić information content (AvgIpc) is 2.15. The summed E-state index contributed by atoms with van der Waals surface area (Å²) in [6, 6.07) is 1.29. The van der Waals surface area contributed by atoms with Crippen LogP contribution in [0, 0.1) is 0 Å². The lowest BCUT2D eigenvalue weighted by Crippen LogP contribution is -2.35. The Hall–Kier alpha value is -0.0800. The summed E-state index contributed by atoms with van der Waals surface area (Å²) < 4.78 is 0. The van der Waals surface area contributed by atoms with E-state index >= 15 is 0 Å². The zero-order valence-electron chi connectivity index (χ0n) is 6.22. The molecule has 1 heterocycles. The van der Waals surface area contributed by atoms with Crippen LogP contribution in [0.3, 0.4) is 0 Å². The molecule has 1 aliphatic heterocycles. The molecule has 1 atom stereocenters. The molecule has 1 rings (SSSR count). The summed E-state index contributed by atoms with van der Waals surface area (Å²) in [5, 5.41) is 7.70. The Balaban J connectivity index is 2.11. The predicted molar refractivity (Wildman–Crippen MR) is 38.5 cm³/mol. The van der Waals surface area contributed by atoms with Crippen molar-refractivity contribution in [2.45, 2.75) is 32.4 Å². The third-order valence-electron chi connectivity index (χ3n) is 1.55.